The highest BCUT2D eigenvalue weighted by atomic mass is 19.2. The predicted molar refractivity (Wildman–Crippen MR) is 82.8 cm³/mol. The molecule has 10 heteroatoms. The average molecular weight is 337 g/mol. The van der Waals surface area contributed by atoms with Crippen LogP contribution in [0.15, 0.2) is 30.3 Å². The van der Waals surface area contributed by atoms with E-state index in [2.05, 4.69) is 5.32 Å². The van der Waals surface area contributed by atoms with Gasteiger partial charge in [-0.25, -0.2) is 13.2 Å². The van der Waals surface area contributed by atoms with Gasteiger partial charge in [0.15, 0.2) is 11.6 Å². The second-order valence-corrected chi connectivity index (χ2v) is 5.04. The summed E-state index contributed by atoms with van der Waals surface area (Å²) in [6.45, 7) is -0.249. The van der Waals surface area contributed by atoms with Gasteiger partial charge in [0.1, 0.15) is 5.82 Å². The van der Waals surface area contributed by atoms with Gasteiger partial charge in [-0.3, -0.25) is 4.79 Å². The lowest BCUT2D eigenvalue weighted by molar-refractivity contribution is 0.0950. The second-order valence-electron chi connectivity index (χ2n) is 5.04. The number of hydrogen-bond acceptors (Lipinski definition) is 4. The fourth-order valence-corrected chi connectivity index (χ4v) is 2.12. The molecule has 0 unspecified atom stereocenters. The fraction of sp³-hybridized carbons (Fsp3) is 0.0714. The smallest absolute Gasteiger partial charge is 0.449 e. The van der Waals surface area contributed by atoms with Crippen LogP contribution in [0.3, 0.4) is 0 Å². The third kappa shape index (κ3) is 4.16. The van der Waals surface area contributed by atoms with Crippen LogP contribution in [0.4, 0.5) is 13.2 Å². The first-order chi connectivity index (χ1) is 11.3. The summed E-state index contributed by atoms with van der Waals surface area (Å²) in [5.41, 5.74) is -0.417. The standard InChI is InChI=1S/C14H12B2F3NO4/c17-10-4-8(3-9(5-10)15-22)14(21)20-6-7-1-11(16(23)24)13(19)12(18)2-7/h1-5,15,22-24H,6H2,(H,20,21). The maximum atomic E-state index is 13.4. The minimum atomic E-state index is -2.20. The van der Waals surface area contributed by atoms with Crippen LogP contribution in [0.25, 0.3) is 0 Å². The predicted octanol–water partition coefficient (Wildman–Crippen LogP) is -1.32. The normalized spacial score (nSPS) is 10.4. The Balaban J connectivity index is 2.16. The molecule has 2 aromatic carbocycles. The molecule has 0 saturated heterocycles. The van der Waals surface area contributed by atoms with E-state index < -0.39 is 43.4 Å². The summed E-state index contributed by atoms with van der Waals surface area (Å²) in [4.78, 5) is 12.0. The monoisotopic (exact) mass is 337 g/mol. The van der Waals surface area contributed by atoms with Crippen molar-refractivity contribution in [2.75, 3.05) is 0 Å². The summed E-state index contributed by atoms with van der Waals surface area (Å²) in [7, 11) is -2.65. The Morgan fingerprint density at radius 1 is 1.12 bits per heavy atom. The van der Waals surface area contributed by atoms with Crippen LogP contribution in [-0.2, 0) is 6.54 Å². The van der Waals surface area contributed by atoms with Gasteiger partial charge >= 0.3 is 14.6 Å². The van der Waals surface area contributed by atoms with Gasteiger partial charge in [0.2, 0.25) is 0 Å². The van der Waals surface area contributed by atoms with Crippen LogP contribution in [0.2, 0.25) is 0 Å². The van der Waals surface area contributed by atoms with E-state index in [0.29, 0.717) is 0 Å². The number of rotatable bonds is 5. The van der Waals surface area contributed by atoms with Crippen LogP contribution < -0.4 is 16.2 Å². The van der Waals surface area contributed by atoms with Crippen molar-refractivity contribution in [2.24, 2.45) is 0 Å². The molecule has 0 fully saturated rings. The minimum absolute atomic E-state index is 0.0518. The molecule has 0 aliphatic carbocycles. The third-order valence-corrected chi connectivity index (χ3v) is 3.25. The average Bonchev–Trinajstić information content (AvgIpc) is 2.54. The van der Waals surface area contributed by atoms with Crippen molar-refractivity contribution >= 4 is 31.4 Å². The van der Waals surface area contributed by atoms with Gasteiger partial charge in [0.25, 0.3) is 5.91 Å². The van der Waals surface area contributed by atoms with Crippen LogP contribution in [0, 0.1) is 17.5 Å². The highest BCUT2D eigenvalue weighted by Crippen LogP contribution is 2.08. The minimum Gasteiger partial charge on any atom is -0.449 e. The zero-order valence-corrected chi connectivity index (χ0v) is 12.3. The Hall–Kier alpha value is -2.29. The van der Waals surface area contributed by atoms with E-state index in [-0.39, 0.29) is 23.1 Å². The summed E-state index contributed by atoms with van der Waals surface area (Å²) in [6.07, 6.45) is 0. The Labute approximate surface area is 136 Å². The van der Waals surface area contributed by atoms with Crippen LogP contribution in [0.5, 0.6) is 0 Å². The molecule has 0 atom stereocenters. The van der Waals surface area contributed by atoms with Gasteiger partial charge in [-0.15, -0.1) is 0 Å². The first-order valence-electron chi connectivity index (χ1n) is 6.84. The zero-order chi connectivity index (χ0) is 17.9. The maximum absolute atomic E-state index is 13.4. The maximum Gasteiger partial charge on any atom is 0.491 e. The molecule has 0 bridgehead atoms. The summed E-state index contributed by atoms with van der Waals surface area (Å²) in [5.74, 6) is -4.08. The van der Waals surface area contributed by atoms with Gasteiger partial charge in [0, 0.05) is 17.6 Å². The molecule has 5 nitrogen and oxygen atoms in total. The third-order valence-electron chi connectivity index (χ3n) is 3.25. The quantitative estimate of drug-likeness (QED) is 0.510. The van der Waals surface area contributed by atoms with Crippen molar-refractivity contribution in [3.63, 3.8) is 0 Å². The van der Waals surface area contributed by atoms with E-state index in [0.717, 1.165) is 24.3 Å². The number of amides is 1. The number of halogens is 3. The summed E-state index contributed by atoms with van der Waals surface area (Å²) < 4.78 is 40.1. The van der Waals surface area contributed by atoms with E-state index in [1.54, 1.807) is 0 Å². The first kappa shape index (κ1) is 18.1. The van der Waals surface area contributed by atoms with Crippen molar-refractivity contribution in [3.05, 3.63) is 58.9 Å². The number of benzene rings is 2. The summed E-state index contributed by atoms with van der Waals surface area (Å²) in [6, 6.07) is 5.11. The number of carbonyl (C=O) groups is 1. The topological polar surface area (TPSA) is 89.8 Å². The molecule has 4 N–H and O–H groups in total. The molecule has 0 saturated carbocycles. The molecule has 0 aliphatic heterocycles. The second kappa shape index (κ2) is 7.52. The lowest BCUT2D eigenvalue weighted by Crippen LogP contribution is -2.34. The van der Waals surface area contributed by atoms with Gasteiger partial charge in [-0.1, -0.05) is 12.1 Å². The fourth-order valence-electron chi connectivity index (χ4n) is 2.12. The number of nitrogens with one attached hydrogen (secondary N) is 1. The molecule has 124 valence electrons. The molecule has 0 aromatic heterocycles. The molecule has 0 radical (unpaired) electrons. The van der Waals surface area contributed by atoms with Crippen LogP contribution in [-0.4, -0.2) is 35.6 Å². The Morgan fingerprint density at radius 3 is 2.46 bits per heavy atom. The molecule has 0 heterocycles. The van der Waals surface area contributed by atoms with Crippen LogP contribution >= 0.6 is 0 Å². The van der Waals surface area contributed by atoms with Crippen molar-refractivity contribution in [1.82, 2.24) is 5.32 Å². The van der Waals surface area contributed by atoms with Crippen LogP contribution in [0.1, 0.15) is 15.9 Å². The molecule has 0 aliphatic rings. The van der Waals surface area contributed by atoms with E-state index in [1.165, 1.54) is 6.07 Å². The van der Waals surface area contributed by atoms with Crippen molar-refractivity contribution in [1.29, 1.82) is 0 Å². The molecule has 2 aromatic rings. The molecule has 24 heavy (non-hydrogen) atoms. The number of carbonyl (C=O) groups excluding carboxylic acids is 1. The van der Waals surface area contributed by atoms with Crippen molar-refractivity contribution in [2.45, 2.75) is 6.54 Å². The lowest BCUT2D eigenvalue weighted by atomic mass is 9.79. The Morgan fingerprint density at radius 2 is 1.83 bits per heavy atom. The van der Waals surface area contributed by atoms with Gasteiger partial charge in [-0.05, 0) is 29.2 Å². The molecule has 0 spiro atoms. The number of hydrogen-bond donors (Lipinski definition) is 4. The summed E-state index contributed by atoms with van der Waals surface area (Å²) in [5, 5.41) is 29.3. The lowest BCUT2D eigenvalue weighted by Gasteiger charge is -2.10. The van der Waals surface area contributed by atoms with E-state index in [4.69, 9.17) is 15.1 Å². The Bertz CT molecular complexity index is 774. The first-order valence-corrected chi connectivity index (χ1v) is 6.84. The zero-order valence-electron chi connectivity index (χ0n) is 12.3. The molecular weight excluding hydrogens is 325 g/mol. The van der Waals surface area contributed by atoms with Gasteiger partial charge in [0.05, 0.1) is 0 Å². The highest BCUT2D eigenvalue weighted by Gasteiger charge is 2.21. The molecule has 2 rings (SSSR count). The van der Waals surface area contributed by atoms with Crippen molar-refractivity contribution < 1.29 is 33.0 Å². The van der Waals surface area contributed by atoms with Crippen molar-refractivity contribution in [3.8, 4) is 0 Å². The molecule has 1 amide bonds. The van der Waals surface area contributed by atoms with E-state index in [9.17, 15) is 18.0 Å². The van der Waals surface area contributed by atoms with Gasteiger partial charge < -0.3 is 20.4 Å². The van der Waals surface area contributed by atoms with E-state index >= 15 is 0 Å². The van der Waals surface area contributed by atoms with E-state index in [1.807, 2.05) is 0 Å². The Kier molecular flexibility index (Phi) is 5.66. The largest absolute Gasteiger partial charge is 0.491 e. The SMILES string of the molecule is O=C(NCc1cc(F)c(F)c(B(O)O)c1)c1cc(F)cc(BO)c1. The molecular formula is C14H12B2F3NO4. The van der Waals surface area contributed by atoms with Gasteiger partial charge in [-0.2, -0.15) is 0 Å². The highest BCUT2D eigenvalue weighted by molar-refractivity contribution is 6.58. The summed E-state index contributed by atoms with van der Waals surface area (Å²) >= 11 is 0.